The highest BCUT2D eigenvalue weighted by atomic mass is 16.5. The molecule has 6 nitrogen and oxygen atoms in total. The third-order valence-corrected chi connectivity index (χ3v) is 2.95. The number of nitrogen functional groups attached to an aromatic ring is 1. The van der Waals surface area contributed by atoms with E-state index in [4.69, 9.17) is 15.2 Å². The molecule has 0 saturated carbocycles. The number of pyridine rings is 1. The SMILES string of the molecule is COCC(C)NC(=O)COc1ccc(N)c2cccnc12. The Balaban J connectivity index is 2.04. The van der Waals surface area contributed by atoms with Crippen LogP contribution >= 0.6 is 0 Å². The van der Waals surface area contributed by atoms with Crippen molar-refractivity contribution in [2.24, 2.45) is 0 Å². The highest BCUT2D eigenvalue weighted by Crippen LogP contribution is 2.27. The van der Waals surface area contributed by atoms with Crippen LogP contribution in [0, 0.1) is 0 Å². The van der Waals surface area contributed by atoms with Gasteiger partial charge in [0.15, 0.2) is 6.61 Å². The first-order valence-electron chi connectivity index (χ1n) is 6.66. The Hall–Kier alpha value is -2.34. The van der Waals surface area contributed by atoms with Crippen molar-refractivity contribution in [2.75, 3.05) is 26.1 Å². The summed E-state index contributed by atoms with van der Waals surface area (Å²) >= 11 is 0. The number of fused-ring (bicyclic) bond motifs is 1. The first-order chi connectivity index (χ1) is 10.1. The number of nitrogens with two attached hydrogens (primary N) is 1. The molecule has 1 heterocycles. The molecule has 21 heavy (non-hydrogen) atoms. The Bertz CT molecular complexity index is 631. The fourth-order valence-corrected chi connectivity index (χ4v) is 2.04. The van der Waals surface area contributed by atoms with E-state index in [0.717, 1.165) is 5.39 Å². The molecule has 0 aliphatic heterocycles. The van der Waals surface area contributed by atoms with Gasteiger partial charge in [0.2, 0.25) is 0 Å². The summed E-state index contributed by atoms with van der Waals surface area (Å²) in [5, 5.41) is 3.58. The van der Waals surface area contributed by atoms with Gasteiger partial charge in [0.1, 0.15) is 11.3 Å². The summed E-state index contributed by atoms with van der Waals surface area (Å²) in [6.45, 7) is 2.24. The molecule has 1 aromatic carbocycles. The molecule has 0 fully saturated rings. The van der Waals surface area contributed by atoms with Crippen LogP contribution in [-0.2, 0) is 9.53 Å². The van der Waals surface area contributed by atoms with E-state index in [1.807, 2.05) is 19.1 Å². The first kappa shape index (κ1) is 15.1. The molecular formula is C15H19N3O3. The van der Waals surface area contributed by atoms with Gasteiger partial charge in [-0.05, 0) is 31.2 Å². The number of ether oxygens (including phenoxy) is 2. The van der Waals surface area contributed by atoms with E-state index in [2.05, 4.69) is 10.3 Å². The normalized spacial score (nSPS) is 12.1. The smallest absolute Gasteiger partial charge is 0.258 e. The summed E-state index contributed by atoms with van der Waals surface area (Å²) in [4.78, 5) is 16.0. The number of nitrogens with zero attached hydrogens (tertiary/aromatic N) is 1. The summed E-state index contributed by atoms with van der Waals surface area (Å²) < 4.78 is 10.5. The van der Waals surface area contributed by atoms with E-state index in [1.165, 1.54) is 0 Å². The van der Waals surface area contributed by atoms with Crippen molar-refractivity contribution in [2.45, 2.75) is 13.0 Å². The van der Waals surface area contributed by atoms with Crippen LogP contribution in [0.3, 0.4) is 0 Å². The zero-order chi connectivity index (χ0) is 15.2. The number of benzene rings is 1. The molecule has 112 valence electrons. The highest BCUT2D eigenvalue weighted by molar-refractivity contribution is 5.94. The zero-order valence-electron chi connectivity index (χ0n) is 12.1. The summed E-state index contributed by atoms with van der Waals surface area (Å²) in [6, 6.07) is 7.07. The zero-order valence-corrected chi connectivity index (χ0v) is 12.1. The number of rotatable bonds is 6. The lowest BCUT2D eigenvalue weighted by molar-refractivity contribution is -0.124. The quantitative estimate of drug-likeness (QED) is 0.784. The molecule has 0 saturated heterocycles. The topological polar surface area (TPSA) is 86.5 Å². The number of anilines is 1. The summed E-state index contributed by atoms with van der Waals surface area (Å²) in [5.41, 5.74) is 7.17. The third-order valence-electron chi connectivity index (χ3n) is 2.95. The van der Waals surface area contributed by atoms with Crippen molar-refractivity contribution in [1.82, 2.24) is 10.3 Å². The van der Waals surface area contributed by atoms with Gasteiger partial charge in [0.05, 0.1) is 6.61 Å². The van der Waals surface area contributed by atoms with Crippen molar-refractivity contribution in [3.8, 4) is 5.75 Å². The standard InChI is InChI=1S/C15H19N3O3/c1-10(8-20-2)18-14(19)9-21-13-6-5-12(16)11-4-3-7-17-15(11)13/h3-7,10H,8-9,16H2,1-2H3,(H,18,19). The molecule has 3 N–H and O–H groups in total. The fraction of sp³-hybridized carbons (Fsp3) is 0.333. The van der Waals surface area contributed by atoms with Crippen molar-refractivity contribution < 1.29 is 14.3 Å². The Kier molecular flexibility index (Phi) is 4.94. The van der Waals surface area contributed by atoms with Crippen molar-refractivity contribution >= 4 is 22.5 Å². The van der Waals surface area contributed by atoms with Gasteiger partial charge in [0.25, 0.3) is 5.91 Å². The lowest BCUT2D eigenvalue weighted by atomic mass is 10.2. The van der Waals surface area contributed by atoms with Crippen LogP contribution in [0.2, 0.25) is 0 Å². The highest BCUT2D eigenvalue weighted by Gasteiger charge is 2.10. The summed E-state index contributed by atoms with van der Waals surface area (Å²) in [5.74, 6) is 0.329. The molecule has 0 aliphatic carbocycles. The van der Waals surface area contributed by atoms with Crippen LogP contribution in [0.15, 0.2) is 30.5 Å². The maximum absolute atomic E-state index is 11.8. The third kappa shape index (κ3) is 3.82. The molecule has 0 bridgehead atoms. The van der Waals surface area contributed by atoms with E-state index in [-0.39, 0.29) is 18.6 Å². The molecule has 1 amide bonds. The largest absolute Gasteiger partial charge is 0.481 e. The number of carbonyl (C=O) groups excluding carboxylic acids is 1. The number of aromatic nitrogens is 1. The van der Waals surface area contributed by atoms with Gasteiger partial charge in [-0.1, -0.05) is 0 Å². The van der Waals surface area contributed by atoms with E-state index in [0.29, 0.717) is 23.6 Å². The maximum atomic E-state index is 11.8. The van der Waals surface area contributed by atoms with E-state index in [1.54, 1.807) is 25.4 Å². The number of amides is 1. The Labute approximate surface area is 123 Å². The molecule has 0 spiro atoms. The molecule has 1 unspecified atom stereocenters. The molecule has 6 heteroatoms. The lowest BCUT2D eigenvalue weighted by Crippen LogP contribution is -2.38. The number of carbonyl (C=O) groups is 1. The van der Waals surface area contributed by atoms with Gasteiger partial charge in [-0.2, -0.15) is 0 Å². The second-order valence-electron chi connectivity index (χ2n) is 4.77. The second-order valence-corrected chi connectivity index (χ2v) is 4.77. The van der Waals surface area contributed by atoms with Crippen molar-refractivity contribution in [3.63, 3.8) is 0 Å². The van der Waals surface area contributed by atoms with Crippen LogP contribution < -0.4 is 15.8 Å². The molecular weight excluding hydrogens is 270 g/mol. The number of nitrogens with one attached hydrogen (secondary N) is 1. The molecule has 0 radical (unpaired) electrons. The molecule has 1 aromatic heterocycles. The minimum atomic E-state index is -0.208. The van der Waals surface area contributed by atoms with Gasteiger partial charge < -0.3 is 20.5 Å². The van der Waals surface area contributed by atoms with Crippen molar-refractivity contribution in [1.29, 1.82) is 0 Å². The van der Waals surface area contributed by atoms with Gasteiger partial charge in [-0.15, -0.1) is 0 Å². The predicted octanol–water partition coefficient (Wildman–Crippen LogP) is 1.35. The van der Waals surface area contributed by atoms with E-state index in [9.17, 15) is 4.79 Å². The van der Waals surface area contributed by atoms with Crippen molar-refractivity contribution in [3.05, 3.63) is 30.5 Å². The predicted molar refractivity (Wildman–Crippen MR) is 81.1 cm³/mol. The second kappa shape index (κ2) is 6.90. The minimum Gasteiger partial charge on any atom is -0.481 e. The van der Waals surface area contributed by atoms with Gasteiger partial charge in [0, 0.05) is 30.4 Å². The number of methoxy groups -OCH3 is 1. The molecule has 0 aliphatic rings. The summed E-state index contributed by atoms with van der Waals surface area (Å²) in [6.07, 6.45) is 1.66. The van der Waals surface area contributed by atoms with Crippen LogP contribution in [0.4, 0.5) is 5.69 Å². The lowest BCUT2D eigenvalue weighted by Gasteiger charge is -2.14. The van der Waals surface area contributed by atoms with Crippen LogP contribution in [-0.4, -0.2) is 37.3 Å². The average molecular weight is 289 g/mol. The molecule has 2 aromatic rings. The Morgan fingerprint density at radius 1 is 1.43 bits per heavy atom. The maximum Gasteiger partial charge on any atom is 0.258 e. The van der Waals surface area contributed by atoms with Crippen LogP contribution in [0.1, 0.15) is 6.92 Å². The van der Waals surface area contributed by atoms with Gasteiger partial charge >= 0.3 is 0 Å². The Morgan fingerprint density at radius 3 is 3.00 bits per heavy atom. The van der Waals surface area contributed by atoms with E-state index >= 15 is 0 Å². The fourth-order valence-electron chi connectivity index (χ4n) is 2.04. The summed E-state index contributed by atoms with van der Waals surface area (Å²) in [7, 11) is 1.59. The monoisotopic (exact) mass is 289 g/mol. The number of hydrogen-bond donors (Lipinski definition) is 2. The molecule has 1 atom stereocenters. The first-order valence-corrected chi connectivity index (χ1v) is 6.66. The van der Waals surface area contributed by atoms with Crippen LogP contribution in [0.5, 0.6) is 5.75 Å². The minimum absolute atomic E-state index is 0.0626. The van der Waals surface area contributed by atoms with Gasteiger partial charge in [-0.3, -0.25) is 9.78 Å². The Morgan fingerprint density at radius 2 is 2.24 bits per heavy atom. The average Bonchev–Trinajstić information content (AvgIpc) is 2.47. The van der Waals surface area contributed by atoms with Gasteiger partial charge in [-0.25, -0.2) is 0 Å². The van der Waals surface area contributed by atoms with Crippen LogP contribution in [0.25, 0.3) is 10.9 Å². The number of hydrogen-bond acceptors (Lipinski definition) is 5. The van der Waals surface area contributed by atoms with E-state index < -0.39 is 0 Å². The molecule has 2 rings (SSSR count).